The number of anilines is 2. The van der Waals surface area contributed by atoms with Crippen LogP contribution in [0.5, 0.6) is 0 Å². The summed E-state index contributed by atoms with van der Waals surface area (Å²) >= 11 is 0. The van der Waals surface area contributed by atoms with Crippen LogP contribution in [0.15, 0.2) is 0 Å². The first-order chi connectivity index (χ1) is 7.93. The van der Waals surface area contributed by atoms with Crippen molar-refractivity contribution in [1.29, 1.82) is 5.26 Å². The number of hydrogen-bond acceptors (Lipinski definition) is 5. The Morgan fingerprint density at radius 2 is 1.71 bits per heavy atom. The fourth-order valence-corrected chi connectivity index (χ4v) is 1.63. The summed E-state index contributed by atoms with van der Waals surface area (Å²) < 4.78 is 0. The zero-order chi connectivity index (χ0) is 13.2. The van der Waals surface area contributed by atoms with Gasteiger partial charge in [0.25, 0.3) is 0 Å². The maximum Gasteiger partial charge on any atom is 0.154 e. The smallest absolute Gasteiger partial charge is 0.154 e. The van der Waals surface area contributed by atoms with Gasteiger partial charge < -0.3 is 9.80 Å². The SMILES string of the molecule is Cc1c(C#N)c(N(C)C)nc(N(C)C)c1C=O. The molecule has 0 atom stereocenters. The number of nitrogens with zero attached hydrogens (tertiary/aromatic N) is 4. The van der Waals surface area contributed by atoms with Crippen LogP contribution in [0.2, 0.25) is 0 Å². The molecule has 0 aliphatic heterocycles. The molecule has 0 aliphatic carbocycles. The lowest BCUT2D eigenvalue weighted by Crippen LogP contribution is -2.20. The van der Waals surface area contributed by atoms with Gasteiger partial charge >= 0.3 is 0 Å². The van der Waals surface area contributed by atoms with E-state index in [2.05, 4.69) is 11.1 Å². The number of aldehydes is 1. The van der Waals surface area contributed by atoms with Crippen LogP contribution >= 0.6 is 0 Å². The molecule has 17 heavy (non-hydrogen) atoms. The third-order valence-corrected chi connectivity index (χ3v) is 2.53. The van der Waals surface area contributed by atoms with Crippen molar-refractivity contribution in [2.75, 3.05) is 38.0 Å². The number of carbonyl (C=O) groups is 1. The van der Waals surface area contributed by atoms with E-state index in [-0.39, 0.29) is 0 Å². The van der Waals surface area contributed by atoms with Crippen LogP contribution < -0.4 is 9.80 Å². The molecule has 0 amide bonds. The maximum atomic E-state index is 11.1. The molecular weight excluding hydrogens is 216 g/mol. The van der Waals surface area contributed by atoms with Gasteiger partial charge in [-0.05, 0) is 12.5 Å². The van der Waals surface area contributed by atoms with Crippen LogP contribution in [-0.2, 0) is 0 Å². The molecule has 5 heteroatoms. The number of pyridine rings is 1. The molecule has 1 aromatic heterocycles. The monoisotopic (exact) mass is 232 g/mol. The number of aromatic nitrogens is 1. The first-order valence-corrected chi connectivity index (χ1v) is 5.18. The van der Waals surface area contributed by atoms with Crippen molar-refractivity contribution in [3.63, 3.8) is 0 Å². The molecule has 0 unspecified atom stereocenters. The topological polar surface area (TPSA) is 60.2 Å². The van der Waals surface area contributed by atoms with Gasteiger partial charge in [0.05, 0.1) is 11.1 Å². The molecule has 0 aliphatic rings. The van der Waals surface area contributed by atoms with E-state index in [9.17, 15) is 4.79 Å². The van der Waals surface area contributed by atoms with Gasteiger partial charge in [-0.2, -0.15) is 5.26 Å². The van der Waals surface area contributed by atoms with Crippen molar-refractivity contribution < 1.29 is 4.79 Å². The molecule has 5 nitrogen and oxygen atoms in total. The summed E-state index contributed by atoms with van der Waals surface area (Å²) in [4.78, 5) is 19.0. The minimum Gasteiger partial charge on any atom is -0.362 e. The number of rotatable bonds is 3. The third kappa shape index (κ3) is 2.21. The predicted octanol–water partition coefficient (Wildman–Crippen LogP) is 1.21. The molecular formula is C12H16N4O. The first-order valence-electron chi connectivity index (χ1n) is 5.18. The van der Waals surface area contributed by atoms with E-state index in [4.69, 9.17) is 5.26 Å². The van der Waals surface area contributed by atoms with Crippen LogP contribution in [0.1, 0.15) is 21.5 Å². The highest BCUT2D eigenvalue weighted by Crippen LogP contribution is 2.27. The Bertz CT molecular complexity index is 486. The van der Waals surface area contributed by atoms with E-state index < -0.39 is 0 Å². The molecule has 0 bridgehead atoms. The highest BCUT2D eigenvalue weighted by atomic mass is 16.1. The molecule has 1 rings (SSSR count). The Kier molecular flexibility index (Phi) is 3.69. The summed E-state index contributed by atoms with van der Waals surface area (Å²) in [6, 6.07) is 2.10. The second kappa shape index (κ2) is 4.83. The van der Waals surface area contributed by atoms with Crippen molar-refractivity contribution in [3.8, 4) is 6.07 Å². The summed E-state index contributed by atoms with van der Waals surface area (Å²) in [6.45, 7) is 1.77. The van der Waals surface area contributed by atoms with E-state index in [1.165, 1.54) is 0 Å². The van der Waals surface area contributed by atoms with E-state index in [1.807, 2.05) is 28.2 Å². The number of carbonyl (C=O) groups excluding carboxylic acids is 1. The Morgan fingerprint density at radius 1 is 1.18 bits per heavy atom. The number of nitriles is 1. The van der Waals surface area contributed by atoms with Crippen molar-refractivity contribution in [2.45, 2.75) is 6.92 Å². The molecule has 0 N–H and O–H groups in total. The standard InChI is InChI=1S/C12H16N4O/c1-8-9(6-13)11(15(2)3)14-12(16(4)5)10(8)7-17/h7H,1-5H3. The van der Waals surface area contributed by atoms with Crippen LogP contribution in [0, 0.1) is 18.3 Å². The second-order valence-electron chi connectivity index (χ2n) is 4.19. The van der Waals surface area contributed by atoms with E-state index in [1.54, 1.807) is 16.7 Å². The summed E-state index contributed by atoms with van der Waals surface area (Å²) in [5.41, 5.74) is 1.59. The predicted molar refractivity (Wildman–Crippen MR) is 67.7 cm³/mol. The van der Waals surface area contributed by atoms with Crippen LogP contribution in [0.3, 0.4) is 0 Å². The molecule has 90 valence electrons. The van der Waals surface area contributed by atoms with Crippen LogP contribution in [0.25, 0.3) is 0 Å². The average molecular weight is 232 g/mol. The van der Waals surface area contributed by atoms with Crippen molar-refractivity contribution >= 4 is 17.9 Å². The molecule has 0 saturated heterocycles. The molecule has 0 spiro atoms. The fraction of sp³-hybridized carbons (Fsp3) is 0.417. The minimum atomic E-state index is 0.447. The normalized spacial score (nSPS) is 9.65. The van der Waals surface area contributed by atoms with Crippen molar-refractivity contribution in [2.24, 2.45) is 0 Å². The first kappa shape index (κ1) is 13.0. The fourth-order valence-electron chi connectivity index (χ4n) is 1.63. The number of hydrogen-bond donors (Lipinski definition) is 0. The van der Waals surface area contributed by atoms with Gasteiger partial charge in [-0.3, -0.25) is 4.79 Å². The van der Waals surface area contributed by atoms with Gasteiger partial charge in [0, 0.05) is 28.2 Å². The zero-order valence-electron chi connectivity index (χ0n) is 10.8. The van der Waals surface area contributed by atoms with Crippen LogP contribution in [-0.4, -0.2) is 39.5 Å². The highest BCUT2D eigenvalue weighted by Gasteiger charge is 2.18. The van der Waals surface area contributed by atoms with Gasteiger partial charge in [0.15, 0.2) is 6.29 Å². The Morgan fingerprint density at radius 3 is 2.06 bits per heavy atom. The molecule has 0 radical (unpaired) electrons. The van der Waals surface area contributed by atoms with E-state index in [0.717, 1.165) is 6.29 Å². The van der Waals surface area contributed by atoms with Gasteiger partial charge in [-0.15, -0.1) is 0 Å². The van der Waals surface area contributed by atoms with Gasteiger partial charge in [0.2, 0.25) is 0 Å². The lowest BCUT2D eigenvalue weighted by molar-refractivity contribution is 0.112. The molecule has 0 saturated carbocycles. The average Bonchev–Trinajstić information content (AvgIpc) is 2.27. The lowest BCUT2D eigenvalue weighted by Gasteiger charge is -2.21. The van der Waals surface area contributed by atoms with Gasteiger partial charge in [0.1, 0.15) is 17.7 Å². The minimum absolute atomic E-state index is 0.447. The van der Waals surface area contributed by atoms with Crippen molar-refractivity contribution in [1.82, 2.24) is 4.98 Å². The van der Waals surface area contributed by atoms with Gasteiger partial charge in [-0.25, -0.2) is 4.98 Å². The molecule has 1 heterocycles. The third-order valence-electron chi connectivity index (χ3n) is 2.53. The maximum absolute atomic E-state index is 11.1. The summed E-state index contributed by atoms with van der Waals surface area (Å²) in [6.07, 6.45) is 0.748. The molecule has 0 fully saturated rings. The quantitative estimate of drug-likeness (QED) is 0.733. The zero-order valence-corrected chi connectivity index (χ0v) is 10.8. The van der Waals surface area contributed by atoms with E-state index >= 15 is 0 Å². The van der Waals surface area contributed by atoms with Gasteiger partial charge in [-0.1, -0.05) is 0 Å². The Balaban J connectivity index is 3.68. The summed E-state index contributed by atoms with van der Waals surface area (Å²) in [5, 5.41) is 9.15. The molecule has 0 aromatic carbocycles. The Hall–Kier alpha value is -2.09. The summed E-state index contributed by atoms with van der Waals surface area (Å²) in [7, 11) is 7.28. The summed E-state index contributed by atoms with van der Waals surface area (Å²) in [5.74, 6) is 1.17. The second-order valence-corrected chi connectivity index (χ2v) is 4.19. The molecule has 1 aromatic rings. The lowest BCUT2D eigenvalue weighted by atomic mass is 10.0. The van der Waals surface area contributed by atoms with E-state index in [0.29, 0.717) is 28.3 Å². The Labute approximate surface area is 101 Å². The van der Waals surface area contributed by atoms with Crippen molar-refractivity contribution in [3.05, 3.63) is 16.7 Å². The largest absolute Gasteiger partial charge is 0.362 e. The highest BCUT2D eigenvalue weighted by molar-refractivity contribution is 5.87. The van der Waals surface area contributed by atoms with Crippen LogP contribution in [0.4, 0.5) is 11.6 Å².